The Morgan fingerprint density at radius 1 is 1.04 bits per heavy atom. The molecule has 0 aliphatic rings. The number of benzene rings is 2. The number of pyridine rings is 1. The third-order valence-corrected chi connectivity index (χ3v) is 3.89. The second-order valence-electron chi connectivity index (χ2n) is 5.53. The third-order valence-electron chi connectivity index (χ3n) is 3.89. The fourth-order valence-corrected chi connectivity index (χ4v) is 2.57. The SMILES string of the molecule is COc1cccc(-c2cc(-c3ccc(C)cc3)nc(N)c2C#N)c1. The Bertz CT molecular complexity index is 925. The molecule has 0 aliphatic carbocycles. The van der Waals surface area contributed by atoms with Gasteiger partial charge in [0.15, 0.2) is 0 Å². The van der Waals surface area contributed by atoms with Gasteiger partial charge in [-0.1, -0.05) is 42.0 Å². The molecule has 0 spiro atoms. The molecule has 0 atom stereocenters. The van der Waals surface area contributed by atoms with E-state index in [0.717, 1.165) is 28.1 Å². The standard InChI is InChI=1S/C20H17N3O/c1-13-6-8-14(9-7-13)19-11-17(18(12-21)20(22)23-19)15-4-3-5-16(10-15)24-2/h3-11H,1-2H3,(H2,22,23). The molecule has 118 valence electrons. The minimum Gasteiger partial charge on any atom is -0.497 e. The Morgan fingerprint density at radius 2 is 1.79 bits per heavy atom. The Kier molecular flexibility index (Phi) is 4.17. The molecular formula is C20H17N3O. The quantitative estimate of drug-likeness (QED) is 0.786. The Hall–Kier alpha value is -3.32. The number of anilines is 1. The lowest BCUT2D eigenvalue weighted by atomic mass is 9.98. The zero-order valence-corrected chi connectivity index (χ0v) is 13.6. The van der Waals surface area contributed by atoms with E-state index in [1.807, 2.05) is 61.5 Å². The van der Waals surface area contributed by atoms with Crippen molar-refractivity contribution < 1.29 is 4.74 Å². The Morgan fingerprint density at radius 3 is 2.46 bits per heavy atom. The molecule has 0 aliphatic heterocycles. The lowest BCUT2D eigenvalue weighted by molar-refractivity contribution is 0.415. The van der Waals surface area contributed by atoms with Crippen LogP contribution in [0.25, 0.3) is 22.4 Å². The molecule has 3 aromatic rings. The van der Waals surface area contributed by atoms with Crippen molar-refractivity contribution in [3.63, 3.8) is 0 Å². The highest BCUT2D eigenvalue weighted by atomic mass is 16.5. The van der Waals surface area contributed by atoms with Gasteiger partial charge in [0.25, 0.3) is 0 Å². The van der Waals surface area contributed by atoms with Crippen LogP contribution in [0.5, 0.6) is 5.75 Å². The van der Waals surface area contributed by atoms with Crippen molar-refractivity contribution in [2.45, 2.75) is 6.92 Å². The van der Waals surface area contributed by atoms with Crippen LogP contribution in [0, 0.1) is 18.3 Å². The minimum atomic E-state index is 0.230. The molecule has 24 heavy (non-hydrogen) atoms. The summed E-state index contributed by atoms with van der Waals surface area (Å²) in [5.41, 5.74) is 10.9. The molecule has 2 aromatic carbocycles. The van der Waals surface area contributed by atoms with Crippen LogP contribution in [0.2, 0.25) is 0 Å². The summed E-state index contributed by atoms with van der Waals surface area (Å²) in [7, 11) is 1.61. The van der Waals surface area contributed by atoms with E-state index in [0.29, 0.717) is 5.56 Å². The van der Waals surface area contributed by atoms with Gasteiger partial charge in [0.2, 0.25) is 0 Å². The monoisotopic (exact) mass is 315 g/mol. The number of methoxy groups -OCH3 is 1. The van der Waals surface area contributed by atoms with Gasteiger partial charge in [-0.3, -0.25) is 0 Å². The first-order chi connectivity index (χ1) is 11.6. The normalized spacial score (nSPS) is 10.2. The number of hydrogen-bond acceptors (Lipinski definition) is 4. The molecule has 0 bridgehead atoms. The van der Waals surface area contributed by atoms with Gasteiger partial charge in [0, 0.05) is 11.1 Å². The van der Waals surface area contributed by atoms with E-state index in [9.17, 15) is 5.26 Å². The fourth-order valence-electron chi connectivity index (χ4n) is 2.57. The van der Waals surface area contributed by atoms with Crippen molar-refractivity contribution in [2.75, 3.05) is 12.8 Å². The summed E-state index contributed by atoms with van der Waals surface area (Å²) >= 11 is 0. The van der Waals surface area contributed by atoms with Crippen molar-refractivity contribution in [3.05, 3.63) is 65.7 Å². The molecule has 0 amide bonds. The maximum atomic E-state index is 9.48. The van der Waals surface area contributed by atoms with Crippen LogP contribution in [0.4, 0.5) is 5.82 Å². The Labute approximate surface area is 141 Å². The van der Waals surface area contributed by atoms with Crippen molar-refractivity contribution in [2.24, 2.45) is 0 Å². The average Bonchev–Trinajstić information content (AvgIpc) is 2.61. The lowest BCUT2D eigenvalue weighted by Gasteiger charge is -2.11. The van der Waals surface area contributed by atoms with Crippen LogP contribution < -0.4 is 10.5 Å². The Balaban J connectivity index is 2.20. The van der Waals surface area contributed by atoms with Gasteiger partial charge in [0.05, 0.1) is 12.8 Å². The number of ether oxygens (including phenoxy) is 1. The molecule has 1 heterocycles. The van der Waals surface area contributed by atoms with Crippen LogP contribution in [-0.2, 0) is 0 Å². The van der Waals surface area contributed by atoms with E-state index in [-0.39, 0.29) is 5.82 Å². The third kappa shape index (κ3) is 2.92. The first kappa shape index (κ1) is 15.6. The first-order valence-electron chi connectivity index (χ1n) is 7.54. The van der Waals surface area contributed by atoms with Crippen LogP contribution in [0.1, 0.15) is 11.1 Å². The van der Waals surface area contributed by atoms with E-state index >= 15 is 0 Å². The van der Waals surface area contributed by atoms with Crippen molar-refractivity contribution in [3.8, 4) is 34.2 Å². The molecule has 4 nitrogen and oxygen atoms in total. The van der Waals surface area contributed by atoms with Gasteiger partial charge < -0.3 is 10.5 Å². The molecule has 1 aromatic heterocycles. The number of aryl methyl sites for hydroxylation is 1. The van der Waals surface area contributed by atoms with Gasteiger partial charge in [0.1, 0.15) is 23.2 Å². The van der Waals surface area contributed by atoms with Crippen LogP contribution in [0.3, 0.4) is 0 Å². The fraction of sp³-hybridized carbons (Fsp3) is 0.100. The molecule has 0 fully saturated rings. The molecule has 4 heteroatoms. The minimum absolute atomic E-state index is 0.230. The summed E-state index contributed by atoms with van der Waals surface area (Å²) in [6.07, 6.45) is 0. The van der Waals surface area contributed by atoms with Gasteiger partial charge in [-0.2, -0.15) is 5.26 Å². The summed E-state index contributed by atoms with van der Waals surface area (Å²) in [5.74, 6) is 0.956. The number of nitrogen functional groups attached to an aromatic ring is 1. The largest absolute Gasteiger partial charge is 0.497 e. The number of hydrogen-bond donors (Lipinski definition) is 1. The molecule has 0 saturated heterocycles. The van der Waals surface area contributed by atoms with Crippen molar-refractivity contribution in [1.82, 2.24) is 4.98 Å². The van der Waals surface area contributed by atoms with Crippen LogP contribution >= 0.6 is 0 Å². The highest BCUT2D eigenvalue weighted by Crippen LogP contribution is 2.32. The average molecular weight is 315 g/mol. The van der Waals surface area contributed by atoms with E-state index < -0.39 is 0 Å². The zero-order valence-electron chi connectivity index (χ0n) is 13.6. The molecule has 0 saturated carbocycles. The number of aromatic nitrogens is 1. The van der Waals surface area contributed by atoms with Gasteiger partial charge in [-0.05, 0) is 30.7 Å². The molecule has 0 unspecified atom stereocenters. The maximum absolute atomic E-state index is 9.48. The molecule has 2 N–H and O–H groups in total. The first-order valence-corrected chi connectivity index (χ1v) is 7.54. The van der Waals surface area contributed by atoms with E-state index in [1.165, 1.54) is 5.56 Å². The number of nitriles is 1. The topological polar surface area (TPSA) is 71.9 Å². The summed E-state index contributed by atoms with van der Waals surface area (Å²) in [6, 6.07) is 19.7. The highest BCUT2D eigenvalue weighted by Gasteiger charge is 2.14. The summed E-state index contributed by atoms with van der Waals surface area (Å²) < 4.78 is 5.28. The predicted molar refractivity (Wildman–Crippen MR) is 95.5 cm³/mol. The van der Waals surface area contributed by atoms with E-state index in [4.69, 9.17) is 10.5 Å². The molecular weight excluding hydrogens is 298 g/mol. The van der Waals surface area contributed by atoms with Crippen LogP contribution in [-0.4, -0.2) is 12.1 Å². The van der Waals surface area contributed by atoms with Gasteiger partial charge in [-0.15, -0.1) is 0 Å². The van der Waals surface area contributed by atoms with Gasteiger partial charge in [-0.25, -0.2) is 4.98 Å². The number of nitrogens with zero attached hydrogens (tertiary/aromatic N) is 2. The highest BCUT2D eigenvalue weighted by molar-refractivity contribution is 5.80. The zero-order chi connectivity index (χ0) is 17.1. The summed E-state index contributed by atoms with van der Waals surface area (Å²) in [6.45, 7) is 2.03. The number of nitrogens with two attached hydrogens (primary N) is 1. The lowest BCUT2D eigenvalue weighted by Crippen LogP contribution is -2.00. The van der Waals surface area contributed by atoms with Crippen LogP contribution in [0.15, 0.2) is 54.6 Å². The van der Waals surface area contributed by atoms with Crippen molar-refractivity contribution >= 4 is 5.82 Å². The maximum Gasteiger partial charge on any atom is 0.142 e. The second-order valence-corrected chi connectivity index (χ2v) is 5.53. The van der Waals surface area contributed by atoms with Crippen molar-refractivity contribution in [1.29, 1.82) is 5.26 Å². The van der Waals surface area contributed by atoms with Gasteiger partial charge >= 0.3 is 0 Å². The second kappa shape index (κ2) is 6.43. The smallest absolute Gasteiger partial charge is 0.142 e. The molecule has 3 rings (SSSR count). The summed E-state index contributed by atoms with van der Waals surface area (Å²) in [5, 5.41) is 9.48. The van der Waals surface area contributed by atoms with E-state index in [1.54, 1.807) is 7.11 Å². The number of rotatable bonds is 3. The van der Waals surface area contributed by atoms with E-state index in [2.05, 4.69) is 11.1 Å². The molecule has 0 radical (unpaired) electrons. The predicted octanol–water partition coefficient (Wildman–Crippen LogP) is 4.19. The summed E-state index contributed by atoms with van der Waals surface area (Å²) in [4.78, 5) is 4.40.